The Morgan fingerprint density at radius 3 is 2.90 bits per heavy atom. The summed E-state index contributed by atoms with van der Waals surface area (Å²) in [4.78, 5) is 15.5. The van der Waals surface area contributed by atoms with Crippen LogP contribution in [0.2, 0.25) is 0 Å². The van der Waals surface area contributed by atoms with E-state index in [0.29, 0.717) is 24.7 Å². The molecule has 4 heterocycles. The van der Waals surface area contributed by atoms with Gasteiger partial charge in [0.1, 0.15) is 12.2 Å². The number of carbonyl (C=O) groups excluding carboxylic acids is 1. The predicted molar refractivity (Wildman–Crippen MR) is 112 cm³/mol. The molecule has 3 aromatic rings. The van der Waals surface area contributed by atoms with Gasteiger partial charge in [-0.2, -0.15) is 5.10 Å². The van der Waals surface area contributed by atoms with Gasteiger partial charge in [0, 0.05) is 49.6 Å². The number of nitrogens with one attached hydrogen (secondary N) is 1. The van der Waals surface area contributed by atoms with Gasteiger partial charge in [-0.15, -0.1) is 10.2 Å². The summed E-state index contributed by atoms with van der Waals surface area (Å²) in [5, 5.41) is 16.9. The molecular weight excluding hydrogens is 380 g/mol. The average molecular weight is 409 g/mol. The maximum Gasteiger partial charge on any atom is 0.275 e. The molecule has 1 aromatic carbocycles. The van der Waals surface area contributed by atoms with E-state index in [9.17, 15) is 4.79 Å². The number of aromatic nitrogens is 5. The fourth-order valence-electron chi connectivity index (χ4n) is 5.11. The first-order chi connectivity index (χ1) is 14.6. The lowest BCUT2D eigenvalue weighted by Gasteiger charge is -2.37. The number of para-hydroxylation sites is 1. The number of ether oxygens (including phenoxy) is 1. The fraction of sp³-hybridized carbons (Fsp3) is 0.545. The van der Waals surface area contributed by atoms with E-state index in [0.717, 1.165) is 49.3 Å². The number of hydrogen-bond acceptors (Lipinski definition) is 5. The zero-order valence-electron chi connectivity index (χ0n) is 17.5. The van der Waals surface area contributed by atoms with Crippen LogP contribution in [0.1, 0.15) is 48.9 Å². The molecule has 5 rings (SSSR count). The molecule has 1 spiro atoms. The highest BCUT2D eigenvalue weighted by Crippen LogP contribution is 2.49. The second kappa shape index (κ2) is 7.50. The lowest BCUT2D eigenvalue weighted by Crippen LogP contribution is -2.38. The van der Waals surface area contributed by atoms with Crippen LogP contribution in [-0.4, -0.2) is 62.1 Å². The minimum Gasteiger partial charge on any atom is -0.381 e. The minimum atomic E-state index is -0.0260. The maximum absolute atomic E-state index is 13.5. The van der Waals surface area contributed by atoms with E-state index in [1.807, 2.05) is 35.5 Å². The van der Waals surface area contributed by atoms with Crippen LogP contribution >= 0.6 is 0 Å². The van der Waals surface area contributed by atoms with Crippen molar-refractivity contribution in [2.24, 2.45) is 11.3 Å². The Hall–Kier alpha value is -2.74. The van der Waals surface area contributed by atoms with E-state index in [1.165, 1.54) is 0 Å². The number of benzene rings is 1. The molecule has 2 fully saturated rings. The van der Waals surface area contributed by atoms with Gasteiger partial charge in [0.15, 0.2) is 5.69 Å². The fourth-order valence-corrected chi connectivity index (χ4v) is 5.11. The van der Waals surface area contributed by atoms with Crippen molar-refractivity contribution in [3.63, 3.8) is 0 Å². The number of rotatable bonds is 4. The Morgan fingerprint density at radius 2 is 2.10 bits per heavy atom. The zero-order chi connectivity index (χ0) is 20.7. The third-order valence-electron chi connectivity index (χ3n) is 6.62. The molecule has 0 radical (unpaired) electrons. The standard InChI is InChI=1S/C22H28N6O2/c1-15(2)11-28-14-23-26-20(28)17-12-27(13-22(17)7-9-30-10-8-22)21(29)19-16-5-3-4-6-18(16)24-25-19/h3-6,14-15,17H,7-13H2,1-2H3,(H,24,25). The normalized spacial score (nSPS) is 21.2. The van der Waals surface area contributed by atoms with Crippen LogP contribution in [0.3, 0.4) is 0 Å². The quantitative estimate of drug-likeness (QED) is 0.717. The molecule has 8 heteroatoms. The van der Waals surface area contributed by atoms with Crippen molar-refractivity contribution in [3.8, 4) is 0 Å². The van der Waals surface area contributed by atoms with Gasteiger partial charge in [-0.3, -0.25) is 9.89 Å². The summed E-state index contributed by atoms with van der Waals surface area (Å²) in [6, 6.07) is 7.78. The van der Waals surface area contributed by atoms with Crippen LogP contribution in [0.5, 0.6) is 0 Å². The molecule has 1 N–H and O–H groups in total. The second-order valence-corrected chi connectivity index (χ2v) is 9.07. The molecular formula is C22H28N6O2. The zero-order valence-corrected chi connectivity index (χ0v) is 17.5. The molecule has 158 valence electrons. The smallest absolute Gasteiger partial charge is 0.275 e. The summed E-state index contributed by atoms with van der Waals surface area (Å²) in [5.41, 5.74) is 1.35. The molecule has 2 aliphatic heterocycles. The highest BCUT2D eigenvalue weighted by molar-refractivity contribution is 6.04. The molecule has 2 saturated heterocycles. The van der Waals surface area contributed by atoms with Crippen LogP contribution < -0.4 is 0 Å². The topological polar surface area (TPSA) is 88.9 Å². The van der Waals surface area contributed by atoms with Crippen molar-refractivity contribution in [2.75, 3.05) is 26.3 Å². The number of likely N-dealkylation sites (tertiary alicyclic amines) is 1. The van der Waals surface area contributed by atoms with Crippen molar-refractivity contribution in [2.45, 2.75) is 39.2 Å². The van der Waals surface area contributed by atoms with Crippen LogP contribution in [0.15, 0.2) is 30.6 Å². The minimum absolute atomic E-state index is 0.0178. The summed E-state index contributed by atoms with van der Waals surface area (Å²) < 4.78 is 7.85. The molecule has 1 unspecified atom stereocenters. The molecule has 1 atom stereocenters. The van der Waals surface area contributed by atoms with Crippen LogP contribution in [0, 0.1) is 11.3 Å². The second-order valence-electron chi connectivity index (χ2n) is 9.07. The Balaban J connectivity index is 1.49. The van der Waals surface area contributed by atoms with Crippen LogP contribution in [0.25, 0.3) is 10.9 Å². The van der Waals surface area contributed by atoms with Crippen LogP contribution in [-0.2, 0) is 11.3 Å². The van der Waals surface area contributed by atoms with E-state index in [-0.39, 0.29) is 17.2 Å². The third kappa shape index (κ3) is 3.19. The summed E-state index contributed by atoms with van der Waals surface area (Å²) in [5.74, 6) is 1.63. The molecule has 0 aliphatic carbocycles. The highest BCUT2D eigenvalue weighted by atomic mass is 16.5. The van der Waals surface area contributed by atoms with Crippen molar-refractivity contribution in [3.05, 3.63) is 42.1 Å². The molecule has 30 heavy (non-hydrogen) atoms. The summed E-state index contributed by atoms with van der Waals surface area (Å²) in [6.07, 6.45) is 3.68. The molecule has 1 amide bonds. The lowest BCUT2D eigenvalue weighted by atomic mass is 9.71. The number of aromatic amines is 1. The maximum atomic E-state index is 13.5. The van der Waals surface area contributed by atoms with Gasteiger partial charge in [-0.1, -0.05) is 32.0 Å². The van der Waals surface area contributed by atoms with E-state index >= 15 is 0 Å². The summed E-state index contributed by atoms with van der Waals surface area (Å²) >= 11 is 0. The van der Waals surface area contributed by atoms with Gasteiger partial charge in [0.05, 0.1) is 5.52 Å². The Kier molecular flexibility index (Phi) is 4.81. The third-order valence-corrected chi connectivity index (χ3v) is 6.62. The summed E-state index contributed by atoms with van der Waals surface area (Å²) in [6.45, 7) is 8.06. The van der Waals surface area contributed by atoms with Crippen molar-refractivity contribution >= 4 is 16.8 Å². The Labute approximate surface area is 175 Å². The number of fused-ring (bicyclic) bond motifs is 1. The Bertz CT molecular complexity index is 1050. The van der Waals surface area contributed by atoms with Crippen LogP contribution in [0.4, 0.5) is 0 Å². The van der Waals surface area contributed by atoms with E-state index in [4.69, 9.17) is 4.74 Å². The first kappa shape index (κ1) is 19.2. The lowest BCUT2D eigenvalue weighted by molar-refractivity contribution is 0.0106. The first-order valence-corrected chi connectivity index (χ1v) is 10.8. The molecule has 2 aliphatic rings. The molecule has 0 bridgehead atoms. The molecule has 2 aromatic heterocycles. The Morgan fingerprint density at radius 1 is 1.30 bits per heavy atom. The van der Waals surface area contributed by atoms with Gasteiger partial charge >= 0.3 is 0 Å². The number of H-pyrrole nitrogens is 1. The largest absolute Gasteiger partial charge is 0.381 e. The van der Waals surface area contributed by atoms with E-state index < -0.39 is 0 Å². The van der Waals surface area contributed by atoms with Gasteiger partial charge in [0.2, 0.25) is 0 Å². The first-order valence-electron chi connectivity index (χ1n) is 10.8. The molecule has 8 nitrogen and oxygen atoms in total. The monoisotopic (exact) mass is 408 g/mol. The number of nitrogens with zero attached hydrogens (tertiary/aromatic N) is 5. The highest BCUT2D eigenvalue weighted by Gasteiger charge is 2.51. The van der Waals surface area contributed by atoms with E-state index in [1.54, 1.807) is 0 Å². The van der Waals surface area contributed by atoms with Gasteiger partial charge in [-0.05, 0) is 24.8 Å². The van der Waals surface area contributed by atoms with Crippen molar-refractivity contribution < 1.29 is 9.53 Å². The number of amides is 1. The molecule has 0 saturated carbocycles. The predicted octanol–water partition coefficient (Wildman–Crippen LogP) is 2.85. The number of carbonyl (C=O) groups is 1. The van der Waals surface area contributed by atoms with Gasteiger partial charge in [-0.25, -0.2) is 0 Å². The van der Waals surface area contributed by atoms with Gasteiger partial charge < -0.3 is 14.2 Å². The average Bonchev–Trinajstić information content (AvgIpc) is 3.45. The number of hydrogen-bond donors (Lipinski definition) is 1. The SMILES string of the molecule is CC(C)Cn1cnnc1C1CN(C(=O)c2n[nH]c3ccccc23)CC12CCOCC2. The van der Waals surface area contributed by atoms with E-state index in [2.05, 4.69) is 38.8 Å². The van der Waals surface area contributed by atoms with Crippen molar-refractivity contribution in [1.29, 1.82) is 0 Å². The summed E-state index contributed by atoms with van der Waals surface area (Å²) in [7, 11) is 0. The van der Waals surface area contributed by atoms with Crippen molar-refractivity contribution in [1.82, 2.24) is 29.9 Å². The van der Waals surface area contributed by atoms with Gasteiger partial charge in [0.25, 0.3) is 5.91 Å².